The Bertz CT molecular complexity index is 1370. The number of allylic oxidation sites excluding steroid dienone is 20. The normalized spacial score (nSPS) is 13.1. The van der Waals surface area contributed by atoms with Gasteiger partial charge in [0.1, 0.15) is 13.2 Å². The van der Waals surface area contributed by atoms with Crippen molar-refractivity contribution in [2.75, 3.05) is 13.2 Å². The molecule has 0 fully saturated rings. The van der Waals surface area contributed by atoms with Crippen LogP contribution in [0, 0.1) is 0 Å². The molecule has 0 aromatic carbocycles. The van der Waals surface area contributed by atoms with Crippen molar-refractivity contribution >= 4 is 17.9 Å². The molecule has 0 rings (SSSR count). The van der Waals surface area contributed by atoms with Crippen LogP contribution in [0.5, 0.6) is 0 Å². The number of unbranched alkanes of at least 4 members (excludes halogenated alkanes) is 12. The van der Waals surface area contributed by atoms with Crippen LogP contribution in [-0.2, 0) is 28.6 Å². The van der Waals surface area contributed by atoms with Gasteiger partial charge in [0.15, 0.2) is 6.10 Å². The highest BCUT2D eigenvalue weighted by molar-refractivity contribution is 5.71. The summed E-state index contributed by atoms with van der Waals surface area (Å²) in [4.78, 5) is 37.8. The average molecular weight is 871 g/mol. The summed E-state index contributed by atoms with van der Waals surface area (Å²) < 4.78 is 16.6. The van der Waals surface area contributed by atoms with Crippen LogP contribution in [0.25, 0.3) is 0 Å². The molecule has 6 heteroatoms. The summed E-state index contributed by atoms with van der Waals surface area (Å²) in [7, 11) is 0. The van der Waals surface area contributed by atoms with Crippen LogP contribution in [0.15, 0.2) is 122 Å². The quantitative estimate of drug-likeness (QED) is 0.0263. The fourth-order valence-electron chi connectivity index (χ4n) is 6.28. The van der Waals surface area contributed by atoms with Crippen LogP contribution < -0.4 is 0 Å². The second-order valence-corrected chi connectivity index (χ2v) is 16.0. The lowest BCUT2D eigenvalue weighted by Gasteiger charge is -2.18. The second kappa shape index (κ2) is 50.5. The van der Waals surface area contributed by atoms with Gasteiger partial charge >= 0.3 is 17.9 Å². The minimum absolute atomic E-state index is 0.110. The van der Waals surface area contributed by atoms with Crippen LogP contribution in [-0.4, -0.2) is 37.2 Å². The van der Waals surface area contributed by atoms with Gasteiger partial charge in [-0.15, -0.1) is 0 Å². The maximum atomic E-state index is 12.8. The zero-order valence-electron chi connectivity index (χ0n) is 40.3. The topological polar surface area (TPSA) is 78.9 Å². The summed E-state index contributed by atoms with van der Waals surface area (Å²) >= 11 is 0. The van der Waals surface area contributed by atoms with Gasteiger partial charge in [-0.05, 0) is 96.3 Å². The van der Waals surface area contributed by atoms with Crippen molar-refractivity contribution in [1.29, 1.82) is 0 Å². The first kappa shape index (κ1) is 58.8. The van der Waals surface area contributed by atoms with Gasteiger partial charge in [-0.3, -0.25) is 14.4 Å². The Labute approximate surface area is 386 Å². The number of hydrogen-bond donors (Lipinski definition) is 0. The van der Waals surface area contributed by atoms with E-state index in [-0.39, 0.29) is 37.5 Å². The largest absolute Gasteiger partial charge is 0.462 e. The summed E-state index contributed by atoms with van der Waals surface area (Å²) in [5, 5.41) is 0. The van der Waals surface area contributed by atoms with Gasteiger partial charge < -0.3 is 14.2 Å². The molecule has 1 unspecified atom stereocenters. The Morgan fingerprint density at radius 1 is 0.333 bits per heavy atom. The first-order valence-corrected chi connectivity index (χ1v) is 25.0. The maximum absolute atomic E-state index is 12.8. The van der Waals surface area contributed by atoms with Crippen LogP contribution in [0.2, 0.25) is 0 Å². The molecular weight excluding hydrogens is 781 g/mol. The molecule has 0 heterocycles. The number of esters is 3. The van der Waals surface area contributed by atoms with Gasteiger partial charge in [-0.2, -0.15) is 0 Å². The average Bonchev–Trinajstić information content (AvgIpc) is 3.28. The minimum Gasteiger partial charge on any atom is -0.462 e. The van der Waals surface area contributed by atoms with Crippen molar-refractivity contribution in [3.8, 4) is 0 Å². The van der Waals surface area contributed by atoms with Gasteiger partial charge in [-0.1, -0.05) is 206 Å². The molecule has 0 aliphatic rings. The lowest BCUT2D eigenvalue weighted by Crippen LogP contribution is -2.30. The third kappa shape index (κ3) is 48.7. The van der Waals surface area contributed by atoms with Gasteiger partial charge in [-0.25, -0.2) is 0 Å². The first-order chi connectivity index (χ1) is 31.0. The highest BCUT2D eigenvalue weighted by atomic mass is 16.6. The van der Waals surface area contributed by atoms with Gasteiger partial charge in [0.2, 0.25) is 0 Å². The van der Waals surface area contributed by atoms with Crippen molar-refractivity contribution in [1.82, 2.24) is 0 Å². The maximum Gasteiger partial charge on any atom is 0.306 e. The number of carbonyl (C=O) groups is 3. The van der Waals surface area contributed by atoms with Crippen LogP contribution in [0.4, 0.5) is 0 Å². The fraction of sp³-hybridized carbons (Fsp3) is 0.596. The zero-order valence-corrected chi connectivity index (χ0v) is 40.3. The zero-order chi connectivity index (χ0) is 45.8. The predicted octanol–water partition coefficient (Wildman–Crippen LogP) is 16.5. The molecule has 0 saturated carbocycles. The molecule has 0 bridgehead atoms. The predicted molar refractivity (Wildman–Crippen MR) is 269 cm³/mol. The molecule has 0 aromatic rings. The minimum atomic E-state index is -0.816. The number of hydrogen-bond acceptors (Lipinski definition) is 6. The Morgan fingerprint density at radius 2 is 0.651 bits per heavy atom. The van der Waals surface area contributed by atoms with E-state index in [4.69, 9.17) is 14.2 Å². The van der Waals surface area contributed by atoms with E-state index in [0.29, 0.717) is 19.3 Å². The summed E-state index contributed by atoms with van der Waals surface area (Å²) in [6.45, 7) is 6.27. The Hall–Kier alpha value is -4.19. The van der Waals surface area contributed by atoms with Crippen molar-refractivity contribution in [2.24, 2.45) is 0 Å². The summed E-state index contributed by atoms with van der Waals surface area (Å²) in [6.07, 6.45) is 69.2. The molecule has 0 spiro atoms. The number of carbonyl (C=O) groups excluding carboxylic acids is 3. The van der Waals surface area contributed by atoms with Gasteiger partial charge in [0.05, 0.1) is 0 Å². The highest BCUT2D eigenvalue weighted by Gasteiger charge is 2.19. The van der Waals surface area contributed by atoms with Crippen LogP contribution in [0.3, 0.4) is 0 Å². The van der Waals surface area contributed by atoms with Crippen molar-refractivity contribution in [2.45, 2.75) is 207 Å². The molecule has 0 N–H and O–H groups in total. The smallest absolute Gasteiger partial charge is 0.306 e. The van der Waals surface area contributed by atoms with Crippen molar-refractivity contribution in [3.63, 3.8) is 0 Å². The molecule has 0 amide bonds. The summed E-state index contributed by atoms with van der Waals surface area (Å²) in [6, 6.07) is 0. The van der Waals surface area contributed by atoms with E-state index in [1.807, 2.05) is 12.2 Å². The summed E-state index contributed by atoms with van der Waals surface area (Å²) in [5.74, 6) is -1.03. The van der Waals surface area contributed by atoms with E-state index in [2.05, 4.69) is 130 Å². The van der Waals surface area contributed by atoms with Crippen molar-refractivity contribution in [3.05, 3.63) is 122 Å². The van der Waals surface area contributed by atoms with Gasteiger partial charge in [0.25, 0.3) is 0 Å². The van der Waals surface area contributed by atoms with E-state index in [1.54, 1.807) is 0 Å². The van der Waals surface area contributed by atoms with E-state index >= 15 is 0 Å². The molecule has 0 aliphatic carbocycles. The lowest BCUT2D eigenvalue weighted by molar-refractivity contribution is -0.166. The number of rotatable bonds is 43. The van der Waals surface area contributed by atoms with E-state index in [0.717, 1.165) is 116 Å². The van der Waals surface area contributed by atoms with Crippen LogP contribution in [0.1, 0.15) is 201 Å². The molecule has 6 nitrogen and oxygen atoms in total. The lowest BCUT2D eigenvalue weighted by atomic mass is 10.1. The van der Waals surface area contributed by atoms with Crippen molar-refractivity contribution < 1.29 is 28.6 Å². The third-order valence-corrected chi connectivity index (χ3v) is 9.98. The molecule has 63 heavy (non-hydrogen) atoms. The van der Waals surface area contributed by atoms with E-state index < -0.39 is 6.10 Å². The molecule has 0 aliphatic heterocycles. The van der Waals surface area contributed by atoms with E-state index in [1.165, 1.54) is 38.5 Å². The van der Waals surface area contributed by atoms with Gasteiger partial charge in [0, 0.05) is 19.3 Å². The highest BCUT2D eigenvalue weighted by Crippen LogP contribution is 2.12. The molecule has 0 saturated heterocycles. The Morgan fingerprint density at radius 3 is 1.06 bits per heavy atom. The fourth-order valence-corrected chi connectivity index (χ4v) is 6.28. The monoisotopic (exact) mass is 871 g/mol. The van der Waals surface area contributed by atoms with E-state index in [9.17, 15) is 14.4 Å². The standard InChI is InChI=1S/C57H90O6/c1-4-7-10-13-16-18-20-22-24-26-28-30-32-34-36-38-41-44-47-50-56(59)62-53-54(52-61-55(58)49-46-43-40-15-12-9-6-3)63-57(60)51-48-45-42-39-37-35-33-31-29-27-25-23-21-19-17-14-11-8-5-2/h7-8,10-11,16-19,22-25,28-31,34,36,41,44,54H,4-6,9,12-15,20-21,26-27,32-33,35,37-40,42-43,45-53H2,1-3H3/b10-7-,11-8-,18-16-,19-17-,24-22-,25-23-,30-28-,31-29-,36-34-,44-41-. The third-order valence-electron chi connectivity index (χ3n) is 9.98. The molecule has 0 aromatic heterocycles. The first-order valence-electron chi connectivity index (χ1n) is 25.0. The number of ether oxygens (including phenoxy) is 3. The molecule has 1 atom stereocenters. The molecule has 354 valence electrons. The molecule has 0 radical (unpaired) electrons. The van der Waals surface area contributed by atoms with Crippen LogP contribution >= 0.6 is 0 Å². The SMILES string of the molecule is CC/C=C\C/C=C\C/C=C\C/C=C\C/C=C\C/C=C\CCC(=O)OCC(COC(=O)CCCCCCCCC)OC(=O)CCCCCCCC/C=C\C/C=C\C/C=C\C/C=C\CC. The Balaban J connectivity index is 4.44. The second-order valence-electron chi connectivity index (χ2n) is 16.0. The molecular formula is C57H90O6. The Kier molecular flexibility index (Phi) is 47.1. The summed E-state index contributed by atoms with van der Waals surface area (Å²) in [5.41, 5.74) is 0.